The van der Waals surface area contributed by atoms with Crippen LogP contribution in [0.2, 0.25) is 0 Å². The number of ether oxygens (including phenoxy) is 1. The maximum atomic E-state index is 12.5. The molecule has 0 bridgehead atoms. The first-order valence-electron chi connectivity index (χ1n) is 9.04. The molecular formula is C21H22N2O5. The summed E-state index contributed by atoms with van der Waals surface area (Å²) < 4.78 is 5.67. The number of carbonyl (C=O) groups is 3. The smallest absolute Gasteiger partial charge is 0.326 e. The predicted molar refractivity (Wildman–Crippen MR) is 103 cm³/mol. The van der Waals surface area contributed by atoms with Gasteiger partial charge >= 0.3 is 5.97 Å². The second-order valence-electron chi connectivity index (χ2n) is 7.02. The number of nitrogens with one attached hydrogen (secondary N) is 2. The lowest BCUT2D eigenvalue weighted by molar-refractivity contribution is -0.140. The quantitative estimate of drug-likeness (QED) is 0.712. The van der Waals surface area contributed by atoms with E-state index in [0.29, 0.717) is 17.9 Å². The highest BCUT2D eigenvalue weighted by molar-refractivity contribution is 5.99. The molecule has 1 aliphatic rings. The fraction of sp³-hybridized carbons (Fsp3) is 0.286. The Morgan fingerprint density at radius 3 is 2.54 bits per heavy atom. The second kappa shape index (κ2) is 8.12. The summed E-state index contributed by atoms with van der Waals surface area (Å²) in [7, 11) is 0. The van der Waals surface area contributed by atoms with Crippen LogP contribution < -0.4 is 15.4 Å². The van der Waals surface area contributed by atoms with Crippen LogP contribution in [0.5, 0.6) is 5.75 Å². The van der Waals surface area contributed by atoms with Crippen molar-refractivity contribution in [2.24, 2.45) is 5.92 Å². The van der Waals surface area contributed by atoms with E-state index in [9.17, 15) is 19.5 Å². The third-order valence-corrected chi connectivity index (χ3v) is 4.55. The van der Waals surface area contributed by atoms with Crippen LogP contribution in [0.25, 0.3) is 0 Å². The Morgan fingerprint density at radius 2 is 1.86 bits per heavy atom. The van der Waals surface area contributed by atoms with Gasteiger partial charge in [0, 0.05) is 17.7 Å². The summed E-state index contributed by atoms with van der Waals surface area (Å²) in [6.07, 6.45) is -0.149. The lowest BCUT2D eigenvalue weighted by atomic mass is 10.0. The molecule has 0 spiro atoms. The van der Waals surface area contributed by atoms with Crippen molar-refractivity contribution >= 4 is 23.5 Å². The van der Waals surface area contributed by atoms with Crippen LogP contribution in [-0.2, 0) is 16.0 Å². The standard InChI is InChI=1S/C21H22N2O5/c1-12(2)18(21(26)27)23-19(24)14-7-5-8-15(10-14)22-20(25)17-11-13-6-3-4-9-16(13)28-17/h3-10,12,17-18H,11H2,1-2H3,(H,22,25)(H,23,24)(H,26,27)/t17?,18-/m1/s1. The molecule has 2 aromatic rings. The van der Waals surface area contributed by atoms with Crippen LogP contribution in [-0.4, -0.2) is 35.0 Å². The number of hydrogen-bond acceptors (Lipinski definition) is 4. The van der Waals surface area contributed by atoms with Gasteiger partial charge in [-0.25, -0.2) is 4.79 Å². The molecule has 1 heterocycles. The van der Waals surface area contributed by atoms with E-state index in [4.69, 9.17) is 4.74 Å². The Labute approximate surface area is 162 Å². The summed E-state index contributed by atoms with van der Waals surface area (Å²) in [5, 5.41) is 14.5. The molecule has 2 atom stereocenters. The van der Waals surface area contributed by atoms with Crippen LogP contribution in [0.15, 0.2) is 48.5 Å². The number of carboxylic acid groups (broad SMARTS) is 1. The molecule has 0 fully saturated rings. The highest BCUT2D eigenvalue weighted by Gasteiger charge is 2.29. The summed E-state index contributed by atoms with van der Waals surface area (Å²) in [5.41, 5.74) is 1.68. The van der Waals surface area contributed by atoms with Gasteiger partial charge in [-0.1, -0.05) is 38.1 Å². The summed E-state index contributed by atoms with van der Waals surface area (Å²) in [6, 6.07) is 12.8. The Morgan fingerprint density at radius 1 is 1.11 bits per heavy atom. The van der Waals surface area contributed by atoms with Crippen LogP contribution in [0, 0.1) is 5.92 Å². The number of fused-ring (bicyclic) bond motifs is 1. The molecule has 0 aromatic heterocycles. The van der Waals surface area contributed by atoms with Gasteiger partial charge in [-0.05, 0) is 35.7 Å². The van der Waals surface area contributed by atoms with Gasteiger partial charge in [-0.3, -0.25) is 9.59 Å². The van der Waals surface area contributed by atoms with Gasteiger partial charge in [0.15, 0.2) is 6.10 Å². The van der Waals surface area contributed by atoms with Gasteiger partial charge in [0.05, 0.1) is 0 Å². The molecule has 28 heavy (non-hydrogen) atoms. The van der Waals surface area contributed by atoms with E-state index in [-0.39, 0.29) is 17.4 Å². The molecule has 2 aromatic carbocycles. The zero-order valence-electron chi connectivity index (χ0n) is 15.6. The normalized spacial score (nSPS) is 16.0. The molecule has 0 saturated carbocycles. The van der Waals surface area contributed by atoms with Crippen LogP contribution in [0.4, 0.5) is 5.69 Å². The lowest BCUT2D eigenvalue weighted by Gasteiger charge is -2.18. The Bertz CT molecular complexity index is 884. The number of para-hydroxylation sites is 1. The van der Waals surface area contributed by atoms with Crippen molar-refractivity contribution in [2.45, 2.75) is 32.4 Å². The molecule has 3 rings (SSSR count). The topological polar surface area (TPSA) is 105 Å². The van der Waals surface area contributed by atoms with E-state index in [1.54, 1.807) is 32.0 Å². The summed E-state index contributed by atoms with van der Waals surface area (Å²) in [5.74, 6) is -1.47. The molecule has 2 amide bonds. The van der Waals surface area contributed by atoms with E-state index in [1.807, 2.05) is 24.3 Å². The summed E-state index contributed by atoms with van der Waals surface area (Å²) in [4.78, 5) is 36.2. The number of benzene rings is 2. The minimum Gasteiger partial charge on any atom is -0.480 e. The number of aliphatic carboxylic acids is 1. The Kier molecular flexibility index (Phi) is 5.63. The van der Waals surface area contributed by atoms with Crippen molar-refractivity contribution in [2.75, 3.05) is 5.32 Å². The largest absolute Gasteiger partial charge is 0.480 e. The molecule has 0 saturated heterocycles. The Balaban J connectivity index is 1.66. The van der Waals surface area contributed by atoms with Crippen molar-refractivity contribution in [1.29, 1.82) is 0 Å². The van der Waals surface area contributed by atoms with E-state index in [0.717, 1.165) is 5.56 Å². The monoisotopic (exact) mass is 382 g/mol. The third kappa shape index (κ3) is 4.31. The molecule has 7 heteroatoms. The number of amides is 2. The van der Waals surface area contributed by atoms with Gasteiger partial charge < -0.3 is 20.5 Å². The SMILES string of the molecule is CC(C)[C@@H](NC(=O)c1cccc(NC(=O)C2Cc3ccccc3O2)c1)C(=O)O. The minimum absolute atomic E-state index is 0.259. The first-order chi connectivity index (χ1) is 13.3. The average Bonchev–Trinajstić information content (AvgIpc) is 3.10. The van der Waals surface area contributed by atoms with Crippen molar-refractivity contribution in [1.82, 2.24) is 5.32 Å². The van der Waals surface area contributed by atoms with Crippen molar-refractivity contribution < 1.29 is 24.2 Å². The molecule has 1 unspecified atom stereocenters. The third-order valence-electron chi connectivity index (χ3n) is 4.55. The molecule has 1 aliphatic heterocycles. The van der Waals surface area contributed by atoms with Crippen molar-refractivity contribution in [3.8, 4) is 5.75 Å². The summed E-state index contributed by atoms with van der Waals surface area (Å²) >= 11 is 0. The molecular weight excluding hydrogens is 360 g/mol. The van der Waals surface area contributed by atoms with Gasteiger partial charge in [-0.2, -0.15) is 0 Å². The van der Waals surface area contributed by atoms with Crippen LogP contribution in [0.3, 0.4) is 0 Å². The number of rotatable bonds is 6. The average molecular weight is 382 g/mol. The minimum atomic E-state index is -1.09. The second-order valence-corrected chi connectivity index (χ2v) is 7.02. The number of carboxylic acids is 1. The highest BCUT2D eigenvalue weighted by Crippen LogP contribution is 2.28. The highest BCUT2D eigenvalue weighted by atomic mass is 16.5. The van der Waals surface area contributed by atoms with Gasteiger partial charge in [0.2, 0.25) is 0 Å². The maximum Gasteiger partial charge on any atom is 0.326 e. The van der Waals surface area contributed by atoms with Crippen LogP contribution in [0.1, 0.15) is 29.8 Å². The Hall–Kier alpha value is -3.35. The molecule has 0 radical (unpaired) electrons. The van der Waals surface area contributed by atoms with Crippen LogP contribution >= 0.6 is 0 Å². The summed E-state index contributed by atoms with van der Waals surface area (Å²) in [6.45, 7) is 3.44. The molecule has 0 aliphatic carbocycles. The fourth-order valence-electron chi connectivity index (χ4n) is 3.03. The fourth-order valence-corrected chi connectivity index (χ4v) is 3.03. The van der Waals surface area contributed by atoms with Gasteiger partial charge in [-0.15, -0.1) is 0 Å². The zero-order valence-corrected chi connectivity index (χ0v) is 15.6. The first kappa shape index (κ1) is 19.4. The van der Waals surface area contributed by atoms with Gasteiger partial charge in [0.1, 0.15) is 11.8 Å². The van der Waals surface area contributed by atoms with E-state index in [1.165, 1.54) is 6.07 Å². The van der Waals surface area contributed by atoms with Crippen molar-refractivity contribution in [3.63, 3.8) is 0 Å². The van der Waals surface area contributed by atoms with E-state index in [2.05, 4.69) is 10.6 Å². The van der Waals surface area contributed by atoms with Crippen molar-refractivity contribution in [3.05, 3.63) is 59.7 Å². The first-order valence-corrected chi connectivity index (χ1v) is 9.04. The lowest BCUT2D eigenvalue weighted by Crippen LogP contribution is -2.44. The molecule has 146 valence electrons. The molecule has 7 nitrogen and oxygen atoms in total. The molecule has 3 N–H and O–H groups in total. The number of hydrogen-bond donors (Lipinski definition) is 3. The van der Waals surface area contributed by atoms with Gasteiger partial charge in [0.25, 0.3) is 11.8 Å². The zero-order chi connectivity index (χ0) is 20.3. The van der Waals surface area contributed by atoms with E-state index >= 15 is 0 Å². The maximum absolute atomic E-state index is 12.5. The number of carbonyl (C=O) groups excluding carboxylic acids is 2. The predicted octanol–water partition coefficient (Wildman–Crippen LogP) is 2.47. The van der Waals surface area contributed by atoms with E-state index < -0.39 is 24.0 Å². The number of anilines is 1.